The van der Waals surface area contributed by atoms with Crippen molar-refractivity contribution < 1.29 is 0 Å². The van der Waals surface area contributed by atoms with Crippen molar-refractivity contribution in [3.05, 3.63) is 18.3 Å². The largest absolute Gasteiger partial charge is 0.315 e. The van der Waals surface area contributed by atoms with Gasteiger partial charge in [-0.2, -0.15) is 0 Å². The van der Waals surface area contributed by atoms with E-state index in [4.69, 9.17) is 0 Å². The van der Waals surface area contributed by atoms with E-state index in [0.717, 1.165) is 35.9 Å². The molecule has 1 aliphatic rings. The van der Waals surface area contributed by atoms with Crippen LogP contribution in [0.3, 0.4) is 0 Å². The molecule has 0 saturated heterocycles. The minimum atomic E-state index is 0.834. The molecule has 0 unspecified atom stereocenters. The van der Waals surface area contributed by atoms with E-state index in [1.165, 1.54) is 12.8 Å². The van der Waals surface area contributed by atoms with Gasteiger partial charge in [-0.3, -0.25) is 0 Å². The zero-order chi connectivity index (χ0) is 10.3. The summed E-state index contributed by atoms with van der Waals surface area (Å²) >= 11 is 0. The summed E-state index contributed by atoms with van der Waals surface area (Å²) in [6.07, 6.45) is 7.39. The molecule has 78 valence electrons. The molecule has 2 aromatic rings. The fraction of sp³-hybridized carbons (Fsp3) is 0.545. The molecule has 3 rings (SSSR count). The van der Waals surface area contributed by atoms with E-state index in [1.807, 2.05) is 12.5 Å². The highest BCUT2D eigenvalue weighted by atomic mass is 15.1. The molecule has 1 saturated carbocycles. The number of hydrogen-bond donors (Lipinski definition) is 0. The van der Waals surface area contributed by atoms with Crippen molar-refractivity contribution in [3.8, 4) is 0 Å². The number of hydrogen-bond acceptors (Lipinski definition) is 3. The average molecular weight is 202 g/mol. The fourth-order valence-corrected chi connectivity index (χ4v) is 1.80. The van der Waals surface area contributed by atoms with Crippen LogP contribution in [0.1, 0.15) is 25.6 Å². The zero-order valence-corrected chi connectivity index (χ0v) is 8.85. The minimum absolute atomic E-state index is 0.834. The molecule has 0 spiro atoms. The number of nitrogens with zero attached hydrogens (tertiary/aromatic N) is 4. The molecule has 0 N–H and O–H groups in total. The molecule has 0 bridgehead atoms. The number of rotatable bonds is 3. The van der Waals surface area contributed by atoms with Gasteiger partial charge in [0.25, 0.3) is 0 Å². The molecule has 2 heterocycles. The summed E-state index contributed by atoms with van der Waals surface area (Å²) in [4.78, 5) is 13.2. The number of aryl methyl sites for hydroxylation is 1. The van der Waals surface area contributed by atoms with Crippen molar-refractivity contribution in [1.29, 1.82) is 0 Å². The Morgan fingerprint density at radius 1 is 1.40 bits per heavy atom. The van der Waals surface area contributed by atoms with Gasteiger partial charge in [0.1, 0.15) is 11.3 Å². The summed E-state index contributed by atoms with van der Waals surface area (Å²) in [6, 6.07) is 0. The van der Waals surface area contributed by atoms with Crippen LogP contribution in [0.5, 0.6) is 0 Å². The predicted octanol–water partition coefficient (Wildman–Crippen LogP) is 1.80. The molecule has 4 nitrogen and oxygen atoms in total. The molecule has 0 aromatic carbocycles. The fourth-order valence-electron chi connectivity index (χ4n) is 1.80. The van der Waals surface area contributed by atoms with Gasteiger partial charge in [-0.25, -0.2) is 15.0 Å². The zero-order valence-electron chi connectivity index (χ0n) is 8.85. The second-order valence-electron chi connectivity index (χ2n) is 4.17. The highest BCUT2D eigenvalue weighted by Crippen LogP contribution is 2.31. The van der Waals surface area contributed by atoms with Gasteiger partial charge in [-0.05, 0) is 25.7 Å². The summed E-state index contributed by atoms with van der Waals surface area (Å²) in [5, 5.41) is 0. The summed E-state index contributed by atoms with van der Waals surface area (Å²) < 4.78 is 2.06. The van der Waals surface area contributed by atoms with Crippen LogP contribution >= 0.6 is 0 Å². The van der Waals surface area contributed by atoms with Crippen LogP contribution in [0, 0.1) is 5.92 Å². The average Bonchev–Trinajstić information content (AvgIpc) is 2.97. The number of aromatic nitrogens is 4. The quantitative estimate of drug-likeness (QED) is 0.762. The first kappa shape index (κ1) is 8.83. The molecular formula is C11H14N4. The van der Waals surface area contributed by atoms with E-state index in [9.17, 15) is 0 Å². The first-order chi connectivity index (χ1) is 7.36. The third kappa shape index (κ3) is 1.60. The number of imidazole rings is 1. The van der Waals surface area contributed by atoms with Crippen LogP contribution in [0.4, 0.5) is 0 Å². The van der Waals surface area contributed by atoms with Gasteiger partial charge >= 0.3 is 0 Å². The van der Waals surface area contributed by atoms with Crippen molar-refractivity contribution in [2.75, 3.05) is 0 Å². The van der Waals surface area contributed by atoms with E-state index in [2.05, 4.69) is 26.4 Å². The van der Waals surface area contributed by atoms with Crippen LogP contribution in [0.2, 0.25) is 0 Å². The SMILES string of the molecule is CCn1cnc2cnc(CC3CC3)nc21. The molecule has 1 aliphatic carbocycles. The second-order valence-corrected chi connectivity index (χ2v) is 4.17. The van der Waals surface area contributed by atoms with Crippen LogP contribution in [0.25, 0.3) is 11.2 Å². The first-order valence-corrected chi connectivity index (χ1v) is 5.53. The van der Waals surface area contributed by atoms with Gasteiger partial charge in [-0.1, -0.05) is 0 Å². The maximum Gasteiger partial charge on any atom is 0.163 e. The lowest BCUT2D eigenvalue weighted by Gasteiger charge is -2.00. The Balaban J connectivity index is 2.01. The number of fused-ring (bicyclic) bond motifs is 1. The highest BCUT2D eigenvalue weighted by Gasteiger charge is 2.23. The summed E-state index contributed by atoms with van der Waals surface area (Å²) in [7, 11) is 0. The smallest absolute Gasteiger partial charge is 0.163 e. The van der Waals surface area contributed by atoms with Crippen molar-refractivity contribution in [1.82, 2.24) is 19.5 Å². The Morgan fingerprint density at radius 3 is 3.00 bits per heavy atom. The van der Waals surface area contributed by atoms with Crippen molar-refractivity contribution in [2.24, 2.45) is 5.92 Å². The van der Waals surface area contributed by atoms with E-state index in [-0.39, 0.29) is 0 Å². The second kappa shape index (κ2) is 3.29. The molecule has 0 aliphatic heterocycles. The summed E-state index contributed by atoms with van der Waals surface area (Å²) in [6.45, 7) is 3.01. The Kier molecular flexibility index (Phi) is 1.94. The van der Waals surface area contributed by atoms with Crippen molar-refractivity contribution >= 4 is 11.2 Å². The Labute approximate surface area is 88.4 Å². The lowest BCUT2D eigenvalue weighted by Crippen LogP contribution is -2.00. The molecule has 0 atom stereocenters. The normalized spacial score (nSPS) is 16.1. The standard InChI is InChI=1S/C11H14N4/c1-2-15-7-13-9-6-12-10(14-11(9)15)5-8-3-4-8/h6-8H,2-5H2,1H3. The first-order valence-electron chi connectivity index (χ1n) is 5.53. The predicted molar refractivity (Wildman–Crippen MR) is 57.4 cm³/mol. The molecular weight excluding hydrogens is 188 g/mol. The van der Waals surface area contributed by atoms with Crippen LogP contribution in [-0.2, 0) is 13.0 Å². The van der Waals surface area contributed by atoms with Gasteiger partial charge in [0.2, 0.25) is 0 Å². The van der Waals surface area contributed by atoms with Gasteiger partial charge in [0, 0.05) is 13.0 Å². The molecule has 4 heteroatoms. The van der Waals surface area contributed by atoms with Crippen molar-refractivity contribution in [2.45, 2.75) is 32.7 Å². The maximum atomic E-state index is 4.58. The Morgan fingerprint density at radius 2 is 2.27 bits per heavy atom. The third-order valence-corrected chi connectivity index (χ3v) is 2.92. The lowest BCUT2D eigenvalue weighted by atomic mass is 10.3. The van der Waals surface area contributed by atoms with Crippen LogP contribution in [0.15, 0.2) is 12.5 Å². The monoisotopic (exact) mass is 202 g/mol. The van der Waals surface area contributed by atoms with Gasteiger partial charge in [-0.15, -0.1) is 0 Å². The van der Waals surface area contributed by atoms with Gasteiger partial charge in [0.15, 0.2) is 5.65 Å². The van der Waals surface area contributed by atoms with E-state index >= 15 is 0 Å². The molecule has 0 amide bonds. The third-order valence-electron chi connectivity index (χ3n) is 2.92. The minimum Gasteiger partial charge on any atom is -0.315 e. The highest BCUT2D eigenvalue weighted by molar-refractivity contribution is 5.69. The van der Waals surface area contributed by atoms with E-state index in [1.54, 1.807) is 0 Å². The topological polar surface area (TPSA) is 43.6 Å². The molecule has 15 heavy (non-hydrogen) atoms. The van der Waals surface area contributed by atoms with Gasteiger partial charge < -0.3 is 4.57 Å². The van der Waals surface area contributed by atoms with E-state index < -0.39 is 0 Å². The lowest BCUT2D eigenvalue weighted by molar-refractivity contribution is 0.750. The molecule has 2 aromatic heterocycles. The Hall–Kier alpha value is -1.45. The summed E-state index contributed by atoms with van der Waals surface area (Å²) in [5.74, 6) is 1.81. The van der Waals surface area contributed by atoms with Crippen LogP contribution in [-0.4, -0.2) is 19.5 Å². The maximum absolute atomic E-state index is 4.58. The molecule has 1 fully saturated rings. The van der Waals surface area contributed by atoms with Crippen LogP contribution < -0.4 is 0 Å². The Bertz CT molecular complexity index is 484. The summed E-state index contributed by atoms with van der Waals surface area (Å²) in [5.41, 5.74) is 1.87. The van der Waals surface area contributed by atoms with Gasteiger partial charge in [0.05, 0.1) is 12.5 Å². The van der Waals surface area contributed by atoms with Crippen molar-refractivity contribution in [3.63, 3.8) is 0 Å². The molecule has 0 radical (unpaired) electrons. The van der Waals surface area contributed by atoms with E-state index in [0.29, 0.717) is 0 Å².